The van der Waals surface area contributed by atoms with Crippen molar-refractivity contribution in [2.45, 2.75) is 19.8 Å². The first-order valence-corrected chi connectivity index (χ1v) is 6.52. The molecule has 0 radical (unpaired) electrons. The zero-order valence-electron chi connectivity index (χ0n) is 11.1. The van der Waals surface area contributed by atoms with Crippen LogP contribution >= 0.6 is 0 Å². The maximum atomic E-state index is 4.36. The van der Waals surface area contributed by atoms with Crippen molar-refractivity contribution in [3.05, 3.63) is 54.4 Å². The minimum Gasteiger partial charge on any atom is -0.361 e. The topological polar surface area (TPSA) is 40.7 Å². The predicted octanol–water partition coefficient (Wildman–Crippen LogP) is 4.43. The van der Waals surface area contributed by atoms with Gasteiger partial charge < -0.3 is 10.3 Å². The molecule has 2 aromatic heterocycles. The SMILES string of the molecule is CC(C)c1ccnc(Nc2ccc3cc[nH]c3c2)c1. The molecule has 0 aliphatic rings. The summed E-state index contributed by atoms with van der Waals surface area (Å²) in [5, 5.41) is 4.57. The van der Waals surface area contributed by atoms with Crippen molar-refractivity contribution in [3.63, 3.8) is 0 Å². The third kappa shape index (κ3) is 2.45. The van der Waals surface area contributed by atoms with Gasteiger partial charge in [-0.3, -0.25) is 0 Å². The number of pyridine rings is 1. The molecule has 3 nitrogen and oxygen atoms in total. The van der Waals surface area contributed by atoms with Crippen LogP contribution < -0.4 is 5.32 Å². The van der Waals surface area contributed by atoms with Crippen molar-refractivity contribution in [3.8, 4) is 0 Å². The van der Waals surface area contributed by atoms with E-state index in [9.17, 15) is 0 Å². The highest BCUT2D eigenvalue weighted by Crippen LogP contribution is 2.22. The van der Waals surface area contributed by atoms with Crippen LogP contribution in [-0.4, -0.2) is 9.97 Å². The van der Waals surface area contributed by atoms with Gasteiger partial charge in [0.2, 0.25) is 0 Å². The number of fused-ring (bicyclic) bond motifs is 1. The van der Waals surface area contributed by atoms with Gasteiger partial charge in [0.1, 0.15) is 5.82 Å². The maximum Gasteiger partial charge on any atom is 0.130 e. The molecular formula is C16H17N3. The molecule has 2 heterocycles. The van der Waals surface area contributed by atoms with Gasteiger partial charge in [-0.1, -0.05) is 19.9 Å². The zero-order chi connectivity index (χ0) is 13.2. The molecule has 0 amide bonds. The lowest BCUT2D eigenvalue weighted by molar-refractivity contribution is 0.864. The summed E-state index contributed by atoms with van der Waals surface area (Å²) >= 11 is 0. The van der Waals surface area contributed by atoms with Crippen molar-refractivity contribution in [2.24, 2.45) is 0 Å². The van der Waals surface area contributed by atoms with Gasteiger partial charge in [0, 0.05) is 23.6 Å². The van der Waals surface area contributed by atoms with Crippen molar-refractivity contribution in [1.29, 1.82) is 0 Å². The number of anilines is 2. The highest BCUT2D eigenvalue weighted by Gasteiger charge is 2.02. The number of aromatic amines is 1. The molecule has 0 aliphatic carbocycles. The van der Waals surface area contributed by atoms with Crippen molar-refractivity contribution in [2.75, 3.05) is 5.32 Å². The van der Waals surface area contributed by atoms with Crippen LogP contribution in [0.15, 0.2) is 48.8 Å². The highest BCUT2D eigenvalue weighted by molar-refractivity contribution is 5.83. The number of nitrogens with zero attached hydrogens (tertiary/aromatic N) is 1. The van der Waals surface area contributed by atoms with Gasteiger partial charge in [0.25, 0.3) is 0 Å². The van der Waals surface area contributed by atoms with E-state index in [1.165, 1.54) is 10.9 Å². The van der Waals surface area contributed by atoms with E-state index in [0.717, 1.165) is 17.0 Å². The molecule has 0 aliphatic heterocycles. The summed E-state index contributed by atoms with van der Waals surface area (Å²) in [4.78, 5) is 7.58. The molecule has 0 fully saturated rings. The fraction of sp³-hybridized carbons (Fsp3) is 0.188. The van der Waals surface area contributed by atoms with E-state index >= 15 is 0 Å². The minimum atomic E-state index is 0.509. The quantitative estimate of drug-likeness (QED) is 0.723. The Morgan fingerprint density at radius 1 is 1.11 bits per heavy atom. The van der Waals surface area contributed by atoms with E-state index in [2.05, 4.69) is 65.5 Å². The average molecular weight is 251 g/mol. The number of hydrogen-bond donors (Lipinski definition) is 2. The van der Waals surface area contributed by atoms with E-state index in [1.807, 2.05) is 12.4 Å². The van der Waals surface area contributed by atoms with E-state index in [4.69, 9.17) is 0 Å². The van der Waals surface area contributed by atoms with Crippen LogP contribution in [0.25, 0.3) is 10.9 Å². The maximum absolute atomic E-state index is 4.36. The monoisotopic (exact) mass is 251 g/mol. The van der Waals surface area contributed by atoms with Gasteiger partial charge in [-0.2, -0.15) is 0 Å². The summed E-state index contributed by atoms with van der Waals surface area (Å²) in [5.74, 6) is 1.39. The molecule has 0 bridgehead atoms. The zero-order valence-corrected chi connectivity index (χ0v) is 11.1. The van der Waals surface area contributed by atoms with Gasteiger partial charge >= 0.3 is 0 Å². The van der Waals surface area contributed by atoms with E-state index in [-0.39, 0.29) is 0 Å². The fourth-order valence-corrected chi connectivity index (χ4v) is 2.15. The molecular weight excluding hydrogens is 234 g/mol. The fourth-order valence-electron chi connectivity index (χ4n) is 2.15. The Morgan fingerprint density at radius 3 is 2.84 bits per heavy atom. The van der Waals surface area contributed by atoms with Crippen molar-refractivity contribution in [1.82, 2.24) is 9.97 Å². The summed E-state index contributed by atoms with van der Waals surface area (Å²) in [7, 11) is 0. The minimum absolute atomic E-state index is 0.509. The largest absolute Gasteiger partial charge is 0.361 e. The Hall–Kier alpha value is -2.29. The lowest BCUT2D eigenvalue weighted by atomic mass is 10.1. The third-order valence-corrected chi connectivity index (χ3v) is 3.28. The van der Waals surface area contributed by atoms with Crippen LogP contribution in [0.3, 0.4) is 0 Å². The number of benzene rings is 1. The summed E-state index contributed by atoms with van der Waals surface area (Å²) in [6, 6.07) is 12.5. The predicted molar refractivity (Wildman–Crippen MR) is 79.9 cm³/mol. The summed E-state index contributed by atoms with van der Waals surface area (Å²) < 4.78 is 0. The van der Waals surface area contributed by atoms with Crippen molar-refractivity contribution >= 4 is 22.4 Å². The number of H-pyrrole nitrogens is 1. The molecule has 0 saturated carbocycles. The Labute approximate surface area is 112 Å². The Balaban J connectivity index is 1.89. The molecule has 3 rings (SSSR count). The van der Waals surface area contributed by atoms with Crippen LogP contribution in [0.5, 0.6) is 0 Å². The first-order valence-electron chi connectivity index (χ1n) is 6.52. The number of aromatic nitrogens is 2. The number of hydrogen-bond acceptors (Lipinski definition) is 2. The molecule has 3 aromatic rings. The van der Waals surface area contributed by atoms with Gasteiger partial charge in [-0.25, -0.2) is 4.98 Å². The summed E-state index contributed by atoms with van der Waals surface area (Å²) in [6.45, 7) is 4.37. The van der Waals surface area contributed by atoms with Crippen LogP contribution in [-0.2, 0) is 0 Å². The molecule has 0 unspecified atom stereocenters. The Morgan fingerprint density at radius 2 is 2.00 bits per heavy atom. The van der Waals surface area contributed by atoms with E-state index < -0.39 is 0 Å². The molecule has 2 N–H and O–H groups in total. The Bertz CT molecular complexity index is 698. The number of nitrogens with one attached hydrogen (secondary N) is 2. The first-order chi connectivity index (χ1) is 9.22. The van der Waals surface area contributed by atoms with Gasteiger partial charge in [-0.15, -0.1) is 0 Å². The average Bonchev–Trinajstić information content (AvgIpc) is 2.86. The third-order valence-electron chi connectivity index (χ3n) is 3.28. The molecule has 0 saturated heterocycles. The summed E-state index contributed by atoms with van der Waals surface area (Å²) in [6.07, 6.45) is 3.80. The van der Waals surface area contributed by atoms with Crippen LogP contribution in [0.2, 0.25) is 0 Å². The van der Waals surface area contributed by atoms with Crippen LogP contribution in [0.1, 0.15) is 25.3 Å². The summed E-state index contributed by atoms with van der Waals surface area (Å²) in [5.41, 5.74) is 3.46. The molecule has 1 aromatic carbocycles. The van der Waals surface area contributed by atoms with Gasteiger partial charge in [0.05, 0.1) is 0 Å². The molecule has 19 heavy (non-hydrogen) atoms. The number of rotatable bonds is 3. The van der Waals surface area contributed by atoms with Crippen molar-refractivity contribution < 1.29 is 0 Å². The Kier molecular flexibility index (Phi) is 2.95. The first kappa shape index (κ1) is 11.8. The van der Waals surface area contributed by atoms with Crippen LogP contribution in [0.4, 0.5) is 11.5 Å². The van der Waals surface area contributed by atoms with Gasteiger partial charge in [-0.05, 0) is 47.2 Å². The lowest BCUT2D eigenvalue weighted by Crippen LogP contribution is -1.96. The second-order valence-electron chi connectivity index (χ2n) is 5.03. The van der Waals surface area contributed by atoms with Gasteiger partial charge in [0.15, 0.2) is 0 Å². The molecule has 0 atom stereocenters. The second-order valence-corrected chi connectivity index (χ2v) is 5.03. The van der Waals surface area contributed by atoms with E-state index in [1.54, 1.807) is 0 Å². The smallest absolute Gasteiger partial charge is 0.130 e. The second kappa shape index (κ2) is 4.76. The molecule has 96 valence electrons. The molecule has 0 spiro atoms. The standard InChI is InChI=1S/C16H17N3/c1-11(2)13-6-8-18-16(9-13)19-14-4-3-12-5-7-17-15(12)10-14/h3-11,17H,1-2H3,(H,18,19). The molecule has 3 heteroatoms. The lowest BCUT2D eigenvalue weighted by Gasteiger charge is -2.09. The van der Waals surface area contributed by atoms with Crippen LogP contribution in [0, 0.1) is 0 Å². The highest BCUT2D eigenvalue weighted by atomic mass is 15.0. The van der Waals surface area contributed by atoms with E-state index in [0.29, 0.717) is 5.92 Å². The normalized spacial score (nSPS) is 11.1.